The van der Waals surface area contributed by atoms with Crippen LogP contribution in [0.5, 0.6) is 5.75 Å². The van der Waals surface area contributed by atoms with Gasteiger partial charge in [-0.3, -0.25) is 0 Å². The lowest BCUT2D eigenvalue weighted by atomic mass is 9.88. The van der Waals surface area contributed by atoms with E-state index in [0.717, 1.165) is 12.1 Å². The maximum Gasteiger partial charge on any atom is 0.129 e. The Morgan fingerprint density at radius 3 is 2.48 bits per heavy atom. The Labute approximate surface area is 122 Å². The summed E-state index contributed by atoms with van der Waals surface area (Å²) in [5.74, 6) is -1.59. The monoisotopic (exact) mass is 293 g/mol. The number of para-hydroxylation sites is 1. The van der Waals surface area contributed by atoms with Crippen molar-refractivity contribution in [2.45, 2.75) is 12.0 Å². The highest BCUT2D eigenvalue weighted by Gasteiger charge is 2.26. The molecule has 2 rings (SSSR count). The van der Waals surface area contributed by atoms with Crippen molar-refractivity contribution in [3.63, 3.8) is 0 Å². The summed E-state index contributed by atoms with van der Waals surface area (Å²) in [6.45, 7) is 0.0156. The largest absolute Gasteiger partial charge is 0.496 e. The van der Waals surface area contributed by atoms with Crippen molar-refractivity contribution in [1.82, 2.24) is 0 Å². The average molecular weight is 293 g/mol. The normalized spacial score (nSPS) is 13.8. The number of nitrogens with two attached hydrogens (primary N) is 1. The van der Waals surface area contributed by atoms with Gasteiger partial charge in [0.1, 0.15) is 17.4 Å². The molecule has 0 amide bonds. The van der Waals surface area contributed by atoms with Crippen LogP contribution in [0.3, 0.4) is 0 Å². The van der Waals surface area contributed by atoms with E-state index in [-0.39, 0.29) is 12.1 Å². The molecule has 0 radical (unpaired) electrons. The first-order valence-electron chi connectivity index (χ1n) is 6.54. The number of aliphatic hydroxyl groups is 1. The lowest BCUT2D eigenvalue weighted by molar-refractivity contribution is 0.142. The number of aliphatic hydroxyl groups excluding tert-OH is 1. The Balaban J connectivity index is 2.40. The number of benzene rings is 2. The van der Waals surface area contributed by atoms with Crippen molar-refractivity contribution in [2.24, 2.45) is 5.73 Å². The summed E-state index contributed by atoms with van der Waals surface area (Å²) >= 11 is 0. The number of halogens is 2. The summed E-state index contributed by atoms with van der Waals surface area (Å²) in [7, 11) is 1.49. The van der Waals surface area contributed by atoms with Crippen LogP contribution in [-0.4, -0.2) is 18.8 Å². The third kappa shape index (κ3) is 3.20. The van der Waals surface area contributed by atoms with E-state index in [4.69, 9.17) is 10.5 Å². The van der Waals surface area contributed by atoms with Crippen molar-refractivity contribution < 1.29 is 18.6 Å². The van der Waals surface area contributed by atoms with Crippen LogP contribution in [0.4, 0.5) is 8.78 Å². The number of rotatable bonds is 5. The lowest BCUT2D eigenvalue weighted by Crippen LogP contribution is -2.21. The van der Waals surface area contributed by atoms with Crippen LogP contribution in [0.2, 0.25) is 0 Å². The van der Waals surface area contributed by atoms with Gasteiger partial charge < -0.3 is 15.6 Å². The molecule has 2 unspecified atom stereocenters. The van der Waals surface area contributed by atoms with Crippen molar-refractivity contribution in [3.05, 3.63) is 65.2 Å². The SMILES string of the molecule is COc1ccccc1C(O)C(CN)c1ccc(F)cc1F. The molecule has 2 aromatic carbocycles. The smallest absolute Gasteiger partial charge is 0.129 e. The first kappa shape index (κ1) is 15.4. The molecule has 0 aromatic heterocycles. The summed E-state index contributed by atoms with van der Waals surface area (Å²) in [5.41, 5.74) is 6.37. The fourth-order valence-corrected chi connectivity index (χ4v) is 2.36. The van der Waals surface area contributed by atoms with Gasteiger partial charge in [0.25, 0.3) is 0 Å². The highest BCUT2D eigenvalue weighted by molar-refractivity contribution is 5.38. The van der Waals surface area contributed by atoms with Gasteiger partial charge in [-0.1, -0.05) is 24.3 Å². The van der Waals surface area contributed by atoms with Gasteiger partial charge in [-0.2, -0.15) is 0 Å². The minimum Gasteiger partial charge on any atom is -0.496 e. The molecule has 0 heterocycles. The van der Waals surface area contributed by atoms with Crippen molar-refractivity contribution >= 4 is 0 Å². The Bertz CT molecular complexity index is 619. The minimum absolute atomic E-state index is 0.0156. The zero-order valence-corrected chi connectivity index (χ0v) is 11.6. The summed E-state index contributed by atoms with van der Waals surface area (Å²) < 4.78 is 32.1. The molecule has 5 heteroatoms. The van der Waals surface area contributed by atoms with E-state index in [9.17, 15) is 13.9 Å². The molecule has 112 valence electrons. The van der Waals surface area contributed by atoms with Gasteiger partial charge in [0.05, 0.1) is 13.2 Å². The second-order valence-electron chi connectivity index (χ2n) is 4.69. The maximum absolute atomic E-state index is 13.9. The molecule has 21 heavy (non-hydrogen) atoms. The molecule has 0 saturated carbocycles. The first-order chi connectivity index (χ1) is 10.1. The number of ether oxygens (including phenoxy) is 1. The Kier molecular flexibility index (Phi) is 4.88. The molecule has 3 N–H and O–H groups in total. The van der Waals surface area contributed by atoms with Crippen LogP contribution >= 0.6 is 0 Å². The highest BCUT2D eigenvalue weighted by Crippen LogP contribution is 2.36. The van der Waals surface area contributed by atoms with Gasteiger partial charge in [0.2, 0.25) is 0 Å². The van der Waals surface area contributed by atoms with E-state index in [0.29, 0.717) is 11.3 Å². The van der Waals surface area contributed by atoms with Crippen LogP contribution in [-0.2, 0) is 0 Å². The van der Waals surface area contributed by atoms with Crippen molar-refractivity contribution in [2.75, 3.05) is 13.7 Å². The van der Waals surface area contributed by atoms with Gasteiger partial charge >= 0.3 is 0 Å². The molecule has 0 bridgehead atoms. The fraction of sp³-hybridized carbons (Fsp3) is 0.250. The summed E-state index contributed by atoms with van der Waals surface area (Å²) in [4.78, 5) is 0. The standard InChI is InChI=1S/C16H17F2NO2/c1-21-15-5-3-2-4-12(15)16(20)13(9-19)11-7-6-10(17)8-14(11)18/h2-8,13,16,20H,9,19H2,1H3. The van der Waals surface area contributed by atoms with Crippen LogP contribution < -0.4 is 10.5 Å². The van der Waals surface area contributed by atoms with E-state index < -0.39 is 23.7 Å². The predicted octanol–water partition coefficient (Wildman–Crippen LogP) is 2.75. The molecule has 0 fully saturated rings. The van der Waals surface area contributed by atoms with E-state index in [1.807, 2.05) is 0 Å². The number of methoxy groups -OCH3 is 1. The lowest BCUT2D eigenvalue weighted by Gasteiger charge is -2.24. The van der Waals surface area contributed by atoms with Gasteiger partial charge in [-0.05, 0) is 17.7 Å². The van der Waals surface area contributed by atoms with Gasteiger partial charge in [0.15, 0.2) is 0 Å². The fourth-order valence-electron chi connectivity index (χ4n) is 2.36. The molecule has 0 aliphatic carbocycles. The Morgan fingerprint density at radius 2 is 1.86 bits per heavy atom. The van der Waals surface area contributed by atoms with Crippen LogP contribution in [0.25, 0.3) is 0 Å². The molecular formula is C16H17F2NO2. The van der Waals surface area contributed by atoms with Gasteiger partial charge in [0, 0.05) is 24.1 Å². The van der Waals surface area contributed by atoms with Crippen LogP contribution in [0.1, 0.15) is 23.1 Å². The van der Waals surface area contributed by atoms with E-state index in [1.54, 1.807) is 24.3 Å². The Hall–Kier alpha value is -1.98. The van der Waals surface area contributed by atoms with Gasteiger partial charge in [-0.25, -0.2) is 8.78 Å². The van der Waals surface area contributed by atoms with Crippen LogP contribution in [0, 0.1) is 11.6 Å². The zero-order valence-electron chi connectivity index (χ0n) is 11.6. The number of hydrogen-bond acceptors (Lipinski definition) is 3. The predicted molar refractivity (Wildman–Crippen MR) is 76.1 cm³/mol. The molecule has 0 aliphatic heterocycles. The van der Waals surface area contributed by atoms with Crippen molar-refractivity contribution in [1.29, 1.82) is 0 Å². The van der Waals surface area contributed by atoms with Crippen molar-refractivity contribution in [3.8, 4) is 5.75 Å². The van der Waals surface area contributed by atoms with E-state index >= 15 is 0 Å². The number of hydrogen-bond donors (Lipinski definition) is 2. The summed E-state index contributed by atoms with van der Waals surface area (Å²) in [6, 6.07) is 10.1. The molecule has 0 saturated heterocycles. The third-order valence-corrected chi connectivity index (χ3v) is 3.45. The average Bonchev–Trinajstić information content (AvgIpc) is 2.49. The molecular weight excluding hydrogens is 276 g/mol. The Morgan fingerprint density at radius 1 is 1.14 bits per heavy atom. The quantitative estimate of drug-likeness (QED) is 0.891. The zero-order chi connectivity index (χ0) is 15.4. The van der Waals surface area contributed by atoms with E-state index in [1.165, 1.54) is 13.2 Å². The molecule has 0 aliphatic rings. The molecule has 2 atom stereocenters. The molecule has 2 aromatic rings. The third-order valence-electron chi connectivity index (χ3n) is 3.45. The second-order valence-corrected chi connectivity index (χ2v) is 4.69. The maximum atomic E-state index is 13.9. The minimum atomic E-state index is -1.05. The molecule has 3 nitrogen and oxygen atoms in total. The first-order valence-corrected chi connectivity index (χ1v) is 6.54. The summed E-state index contributed by atoms with van der Waals surface area (Å²) in [5, 5.41) is 10.5. The topological polar surface area (TPSA) is 55.5 Å². The van der Waals surface area contributed by atoms with Gasteiger partial charge in [-0.15, -0.1) is 0 Å². The second kappa shape index (κ2) is 6.65. The highest BCUT2D eigenvalue weighted by atomic mass is 19.1. The van der Waals surface area contributed by atoms with Crippen LogP contribution in [0.15, 0.2) is 42.5 Å². The molecule has 0 spiro atoms. The van der Waals surface area contributed by atoms with E-state index in [2.05, 4.69) is 0 Å². The summed E-state index contributed by atoms with van der Waals surface area (Å²) in [6.07, 6.45) is -1.05.